The highest BCUT2D eigenvalue weighted by Crippen LogP contribution is 2.44. The Kier molecular flexibility index (Phi) is 3.98. The molecular formula is C19H15O4-. The predicted octanol–water partition coefficient (Wildman–Crippen LogP) is 2.04. The topological polar surface area (TPSA) is 66.4 Å². The van der Waals surface area contributed by atoms with Crippen LogP contribution in [0.3, 0.4) is 0 Å². The van der Waals surface area contributed by atoms with E-state index >= 15 is 0 Å². The molecule has 23 heavy (non-hydrogen) atoms. The summed E-state index contributed by atoms with van der Waals surface area (Å²) in [7, 11) is 0. The predicted molar refractivity (Wildman–Crippen MR) is 83.4 cm³/mol. The van der Waals surface area contributed by atoms with Crippen molar-refractivity contribution in [3.63, 3.8) is 0 Å². The number of carboxylic acids is 1. The maximum atomic E-state index is 11.8. The average molecular weight is 307 g/mol. The van der Waals surface area contributed by atoms with Crippen LogP contribution in [0.5, 0.6) is 0 Å². The Morgan fingerprint density at radius 3 is 2.04 bits per heavy atom. The van der Waals surface area contributed by atoms with Gasteiger partial charge in [0.1, 0.15) is 6.61 Å². The van der Waals surface area contributed by atoms with Crippen molar-refractivity contribution in [1.29, 1.82) is 0 Å². The van der Waals surface area contributed by atoms with Crippen LogP contribution in [0.2, 0.25) is 0 Å². The minimum absolute atomic E-state index is 0.0536. The van der Waals surface area contributed by atoms with Crippen LogP contribution >= 0.6 is 0 Å². The van der Waals surface area contributed by atoms with Gasteiger partial charge in [-0.05, 0) is 22.3 Å². The number of esters is 1. The summed E-state index contributed by atoms with van der Waals surface area (Å²) in [6.07, 6.45) is -0.517. The molecule has 1 aliphatic rings. The molecule has 0 fully saturated rings. The van der Waals surface area contributed by atoms with Crippen LogP contribution in [0.1, 0.15) is 23.5 Å². The van der Waals surface area contributed by atoms with Crippen molar-refractivity contribution in [2.75, 3.05) is 6.61 Å². The van der Waals surface area contributed by atoms with E-state index in [1.807, 2.05) is 48.5 Å². The summed E-state index contributed by atoms with van der Waals surface area (Å²) in [4.78, 5) is 22.4. The molecule has 0 aromatic heterocycles. The largest absolute Gasteiger partial charge is 0.550 e. The quantitative estimate of drug-likeness (QED) is 0.626. The number of fused-ring (bicyclic) bond motifs is 3. The number of carboxylic acid groups (broad SMARTS) is 1. The molecule has 0 atom stereocenters. The van der Waals surface area contributed by atoms with Gasteiger partial charge in [0.05, 0.1) is 0 Å². The van der Waals surface area contributed by atoms with Gasteiger partial charge in [-0.25, -0.2) is 4.79 Å². The van der Waals surface area contributed by atoms with Gasteiger partial charge in [-0.2, -0.15) is 0 Å². The molecule has 1 aliphatic carbocycles. The average Bonchev–Trinajstić information content (AvgIpc) is 2.86. The van der Waals surface area contributed by atoms with Gasteiger partial charge >= 0.3 is 5.97 Å². The van der Waals surface area contributed by atoms with Crippen molar-refractivity contribution in [3.05, 3.63) is 71.8 Å². The standard InChI is InChI=1S/C19H16O4/c1-12(10-18(20)21)19(22)23-11-17-15-8-4-2-6-13(15)14-7-3-5-9-16(14)17/h2-9,17H,1,10-11H2,(H,20,21)/p-1. The number of hydrogen-bond acceptors (Lipinski definition) is 4. The Hall–Kier alpha value is -2.88. The number of aliphatic carboxylic acids is 1. The van der Waals surface area contributed by atoms with E-state index < -0.39 is 18.4 Å². The molecule has 116 valence electrons. The molecule has 0 saturated heterocycles. The number of ether oxygens (including phenoxy) is 1. The molecule has 3 rings (SSSR count). The van der Waals surface area contributed by atoms with E-state index in [0.717, 1.165) is 22.3 Å². The third-order valence-electron chi connectivity index (χ3n) is 3.99. The summed E-state index contributed by atoms with van der Waals surface area (Å²) < 4.78 is 5.27. The lowest BCUT2D eigenvalue weighted by molar-refractivity contribution is -0.304. The molecule has 4 heteroatoms. The molecule has 0 N–H and O–H groups in total. The van der Waals surface area contributed by atoms with Gasteiger partial charge in [-0.15, -0.1) is 0 Å². The molecular weight excluding hydrogens is 292 g/mol. The second kappa shape index (κ2) is 6.08. The number of benzene rings is 2. The van der Waals surface area contributed by atoms with Crippen molar-refractivity contribution in [1.82, 2.24) is 0 Å². The molecule has 2 aromatic carbocycles. The van der Waals surface area contributed by atoms with E-state index in [0.29, 0.717) is 0 Å². The second-order valence-electron chi connectivity index (χ2n) is 5.48. The van der Waals surface area contributed by atoms with Crippen molar-refractivity contribution in [2.45, 2.75) is 12.3 Å². The summed E-state index contributed by atoms with van der Waals surface area (Å²) in [5.74, 6) is -2.10. The van der Waals surface area contributed by atoms with Crippen molar-refractivity contribution >= 4 is 11.9 Å². The molecule has 0 unspecified atom stereocenters. The molecule has 2 aromatic rings. The van der Waals surface area contributed by atoms with E-state index in [2.05, 4.69) is 6.58 Å². The number of rotatable bonds is 5. The molecule has 0 heterocycles. The molecule has 0 spiro atoms. The lowest BCUT2D eigenvalue weighted by Crippen LogP contribution is -2.25. The molecule has 0 bridgehead atoms. The van der Waals surface area contributed by atoms with Gasteiger partial charge in [0.25, 0.3) is 0 Å². The lowest BCUT2D eigenvalue weighted by atomic mass is 9.98. The first kappa shape index (κ1) is 15.0. The Bertz CT molecular complexity index is 746. The molecule has 4 nitrogen and oxygen atoms in total. The smallest absolute Gasteiger partial charge is 0.333 e. The molecule has 0 saturated carbocycles. The van der Waals surface area contributed by atoms with E-state index in [1.54, 1.807) is 0 Å². The van der Waals surface area contributed by atoms with Crippen LogP contribution < -0.4 is 5.11 Å². The summed E-state index contributed by atoms with van der Waals surface area (Å²) in [6.45, 7) is 3.58. The zero-order valence-corrected chi connectivity index (χ0v) is 12.5. The van der Waals surface area contributed by atoms with Crippen LogP contribution in [0, 0.1) is 0 Å². The van der Waals surface area contributed by atoms with Crippen LogP contribution in [0.4, 0.5) is 0 Å². The second-order valence-corrected chi connectivity index (χ2v) is 5.48. The number of carbonyl (C=O) groups is 2. The highest BCUT2D eigenvalue weighted by molar-refractivity contribution is 5.92. The Morgan fingerprint density at radius 1 is 1.00 bits per heavy atom. The molecule has 0 radical (unpaired) electrons. The van der Waals surface area contributed by atoms with E-state index in [-0.39, 0.29) is 18.1 Å². The first-order valence-corrected chi connectivity index (χ1v) is 7.31. The fraction of sp³-hybridized carbons (Fsp3) is 0.158. The summed E-state index contributed by atoms with van der Waals surface area (Å²) in [5.41, 5.74) is 4.37. The van der Waals surface area contributed by atoms with Crippen molar-refractivity contribution in [3.8, 4) is 11.1 Å². The van der Waals surface area contributed by atoms with Crippen molar-refractivity contribution in [2.24, 2.45) is 0 Å². The maximum absolute atomic E-state index is 11.8. The number of hydrogen-bond donors (Lipinski definition) is 0. The van der Waals surface area contributed by atoms with E-state index in [9.17, 15) is 14.7 Å². The lowest BCUT2D eigenvalue weighted by Gasteiger charge is -2.15. The maximum Gasteiger partial charge on any atom is 0.333 e. The Balaban J connectivity index is 1.80. The zero-order chi connectivity index (χ0) is 16.4. The normalized spacial score (nSPS) is 12.3. The van der Waals surface area contributed by atoms with Gasteiger partial charge in [0.2, 0.25) is 0 Å². The van der Waals surface area contributed by atoms with Gasteiger partial charge in [0, 0.05) is 23.9 Å². The van der Waals surface area contributed by atoms with Gasteiger partial charge in [-0.1, -0.05) is 55.1 Å². The Labute approximate surface area is 134 Å². The zero-order valence-electron chi connectivity index (χ0n) is 12.5. The first-order chi connectivity index (χ1) is 11.1. The third-order valence-corrected chi connectivity index (χ3v) is 3.99. The fourth-order valence-corrected chi connectivity index (χ4v) is 2.95. The fourth-order valence-electron chi connectivity index (χ4n) is 2.95. The highest BCUT2D eigenvalue weighted by Gasteiger charge is 2.29. The first-order valence-electron chi connectivity index (χ1n) is 7.31. The SMILES string of the molecule is C=C(CC(=O)[O-])C(=O)OCC1c2ccccc2-c2ccccc21. The third kappa shape index (κ3) is 2.88. The number of carbonyl (C=O) groups excluding carboxylic acids is 2. The van der Waals surface area contributed by atoms with E-state index in [1.165, 1.54) is 0 Å². The molecule has 0 aliphatic heterocycles. The Morgan fingerprint density at radius 2 is 1.52 bits per heavy atom. The van der Waals surface area contributed by atoms with Crippen molar-refractivity contribution < 1.29 is 19.4 Å². The summed E-state index contributed by atoms with van der Waals surface area (Å²) >= 11 is 0. The van der Waals surface area contributed by atoms with Crippen LogP contribution in [0.25, 0.3) is 11.1 Å². The van der Waals surface area contributed by atoms with E-state index in [4.69, 9.17) is 4.74 Å². The van der Waals surface area contributed by atoms with Crippen LogP contribution in [-0.2, 0) is 14.3 Å². The van der Waals surface area contributed by atoms with Crippen LogP contribution in [-0.4, -0.2) is 18.5 Å². The summed E-state index contributed by atoms with van der Waals surface area (Å²) in [5, 5.41) is 10.5. The monoisotopic (exact) mass is 307 g/mol. The van der Waals surface area contributed by atoms with Crippen LogP contribution in [0.15, 0.2) is 60.7 Å². The van der Waals surface area contributed by atoms with Gasteiger partial charge < -0.3 is 14.6 Å². The van der Waals surface area contributed by atoms with Gasteiger partial charge in [-0.3, -0.25) is 0 Å². The molecule has 0 amide bonds. The summed E-state index contributed by atoms with van der Waals surface area (Å²) in [6, 6.07) is 16.0. The highest BCUT2D eigenvalue weighted by atomic mass is 16.5. The minimum atomic E-state index is -1.34. The minimum Gasteiger partial charge on any atom is -0.550 e. The van der Waals surface area contributed by atoms with Gasteiger partial charge in [0.15, 0.2) is 0 Å².